The van der Waals surface area contributed by atoms with E-state index in [-0.39, 0.29) is 19.0 Å². The molecule has 154 valence electrons. The number of halogens is 1. The highest BCUT2D eigenvalue weighted by Crippen LogP contribution is 2.29. The molecule has 0 saturated carbocycles. The van der Waals surface area contributed by atoms with Gasteiger partial charge in [-0.2, -0.15) is 0 Å². The van der Waals surface area contributed by atoms with Crippen molar-refractivity contribution < 1.29 is 18.7 Å². The molecule has 0 aliphatic carbocycles. The Morgan fingerprint density at radius 1 is 1.27 bits per heavy atom. The molecule has 8 nitrogen and oxygen atoms in total. The molecule has 0 unspecified atom stereocenters. The minimum absolute atomic E-state index is 0.202. The van der Waals surface area contributed by atoms with E-state index in [9.17, 15) is 14.0 Å². The molecule has 0 radical (unpaired) electrons. The number of cyclic esters (lactones) is 1. The van der Waals surface area contributed by atoms with Crippen molar-refractivity contribution in [3.05, 3.63) is 66.2 Å². The van der Waals surface area contributed by atoms with Gasteiger partial charge in [-0.3, -0.25) is 9.69 Å². The second-order valence-electron chi connectivity index (χ2n) is 7.02. The van der Waals surface area contributed by atoms with Gasteiger partial charge in [0, 0.05) is 18.7 Å². The Balaban J connectivity index is 1.47. The molecule has 1 aromatic heterocycles. The monoisotopic (exact) mass is 409 g/mol. The molecule has 0 spiro atoms. The summed E-state index contributed by atoms with van der Waals surface area (Å²) in [5.41, 5.74) is 2.60. The summed E-state index contributed by atoms with van der Waals surface area (Å²) < 4.78 is 21.7. The molecule has 1 aliphatic rings. The molecule has 1 fully saturated rings. The zero-order chi connectivity index (χ0) is 21.1. The number of rotatable bonds is 6. The lowest BCUT2D eigenvalue weighted by atomic mass is 10.0. The normalized spacial score (nSPS) is 15.9. The highest BCUT2D eigenvalue weighted by atomic mass is 19.1. The van der Waals surface area contributed by atoms with Crippen LogP contribution in [0.5, 0.6) is 0 Å². The lowest BCUT2D eigenvalue weighted by molar-refractivity contribution is -0.119. The van der Waals surface area contributed by atoms with Crippen LogP contribution in [0.25, 0.3) is 11.1 Å². The van der Waals surface area contributed by atoms with E-state index in [1.807, 2.05) is 24.3 Å². The van der Waals surface area contributed by atoms with Gasteiger partial charge in [0.15, 0.2) is 0 Å². The van der Waals surface area contributed by atoms with Crippen molar-refractivity contribution in [2.75, 3.05) is 18.0 Å². The van der Waals surface area contributed by atoms with Crippen LogP contribution in [0.2, 0.25) is 0 Å². The van der Waals surface area contributed by atoms with E-state index >= 15 is 0 Å². The van der Waals surface area contributed by atoms with Gasteiger partial charge in [0.05, 0.1) is 31.5 Å². The molecule has 2 amide bonds. The fraction of sp³-hybridized carbons (Fsp3) is 0.238. The Hall–Kier alpha value is -3.75. The predicted octanol–water partition coefficient (Wildman–Crippen LogP) is 2.59. The Morgan fingerprint density at radius 2 is 2.07 bits per heavy atom. The quantitative estimate of drug-likeness (QED) is 0.676. The largest absolute Gasteiger partial charge is 0.442 e. The summed E-state index contributed by atoms with van der Waals surface area (Å²) in [6.45, 7) is 2.44. The van der Waals surface area contributed by atoms with Gasteiger partial charge in [0.2, 0.25) is 5.91 Å². The number of nitrogens with zero attached hydrogens (tertiary/aromatic N) is 4. The van der Waals surface area contributed by atoms with Gasteiger partial charge in [-0.05, 0) is 29.3 Å². The summed E-state index contributed by atoms with van der Waals surface area (Å²) >= 11 is 0. The fourth-order valence-corrected chi connectivity index (χ4v) is 3.30. The van der Waals surface area contributed by atoms with Crippen molar-refractivity contribution in [3.8, 4) is 11.1 Å². The van der Waals surface area contributed by atoms with Gasteiger partial charge < -0.3 is 10.1 Å². The van der Waals surface area contributed by atoms with Gasteiger partial charge in [-0.15, -0.1) is 5.10 Å². The maximum Gasteiger partial charge on any atom is 0.414 e. The first kappa shape index (κ1) is 19.6. The van der Waals surface area contributed by atoms with Gasteiger partial charge in [0.1, 0.15) is 11.9 Å². The van der Waals surface area contributed by atoms with Crippen LogP contribution in [0.15, 0.2) is 54.9 Å². The average Bonchev–Trinajstić information content (AvgIpc) is 3.36. The Labute approximate surface area is 172 Å². The minimum Gasteiger partial charge on any atom is -0.442 e. The molecular formula is C21H20FN5O3. The van der Waals surface area contributed by atoms with Crippen LogP contribution in [0, 0.1) is 5.82 Å². The number of hydrogen-bond donors (Lipinski definition) is 1. The van der Waals surface area contributed by atoms with Gasteiger partial charge in [0.25, 0.3) is 0 Å². The summed E-state index contributed by atoms with van der Waals surface area (Å²) in [6.07, 6.45) is 2.36. The van der Waals surface area contributed by atoms with Crippen molar-refractivity contribution in [1.29, 1.82) is 0 Å². The Kier molecular flexibility index (Phi) is 5.42. The first-order chi connectivity index (χ1) is 14.5. The van der Waals surface area contributed by atoms with Crippen LogP contribution in [-0.4, -0.2) is 46.2 Å². The lowest BCUT2D eigenvalue weighted by Gasteiger charge is -2.14. The van der Waals surface area contributed by atoms with Crippen LogP contribution >= 0.6 is 0 Å². The molecule has 9 heteroatoms. The maximum absolute atomic E-state index is 14.8. The topological polar surface area (TPSA) is 89.4 Å². The number of amides is 2. The first-order valence-electron chi connectivity index (χ1n) is 9.45. The van der Waals surface area contributed by atoms with Crippen molar-refractivity contribution in [1.82, 2.24) is 20.3 Å². The molecule has 1 atom stereocenters. The maximum atomic E-state index is 14.8. The summed E-state index contributed by atoms with van der Waals surface area (Å²) in [5, 5.41) is 10.3. The number of carbonyl (C=O) groups is 2. The van der Waals surface area contributed by atoms with Crippen LogP contribution in [0.4, 0.5) is 14.9 Å². The third-order valence-electron chi connectivity index (χ3n) is 4.80. The number of nitrogens with one attached hydrogen (secondary N) is 1. The fourth-order valence-electron chi connectivity index (χ4n) is 3.30. The number of aromatic nitrogens is 3. The number of carbonyl (C=O) groups excluding carboxylic acids is 2. The SMILES string of the molecule is CC(=O)NC[C@H]1CN(c2ccc(-c3ccc(Cn4ccnn4)cc3)c(F)c2)C(=O)O1. The highest BCUT2D eigenvalue weighted by Gasteiger charge is 2.32. The van der Waals surface area contributed by atoms with E-state index in [1.165, 1.54) is 17.9 Å². The third-order valence-corrected chi connectivity index (χ3v) is 4.80. The molecule has 1 N–H and O–H groups in total. The molecule has 2 aromatic carbocycles. The molecule has 4 rings (SSSR count). The molecule has 3 aromatic rings. The zero-order valence-electron chi connectivity index (χ0n) is 16.3. The van der Waals surface area contributed by atoms with Crippen LogP contribution in [0.3, 0.4) is 0 Å². The van der Waals surface area contributed by atoms with Crippen LogP contribution < -0.4 is 10.2 Å². The number of anilines is 1. The van der Waals surface area contributed by atoms with E-state index < -0.39 is 18.0 Å². The van der Waals surface area contributed by atoms with E-state index in [2.05, 4.69) is 15.6 Å². The molecule has 1 aliphatic heterocycles. The van der Waals surface area contributed by atoms with E-state index in [0.717, 1.165) is 11.1 Å². The Bertz CT molecular complexity index is 1050. The minimum atomic E-state index is -0.560. The number of hydrogen-bond acceptors (Lipinski definition) is 5. The number of benzene rings is 2. The first-order valence-corrected chi connectivity index (χ1v) is 9.45. The summed E-state index contributed by atoms with van der Waals surface area (Å²) in [4.78, 5) is 24.5. The Morgan fingerprint density at radius 3 is 2.73 bits per heavy atom. The van der Waals surface area contributed by atoms with E-state index in [4.69, 9.17) is 4.74 Å². The summed E-state index contributed by atoms with van der Waals surface area (Å²) in [7, 11) is 0. The average molecular weight is 409 g/mol. The lowest BCUT2D eigenvalue weighted by Crippen LogP contribution is -2.33. The smallest absolute Gasteiger partial charge is 0.414 e. The van der Waals surface area contributed by atoms with Crippen molar-refractivity contribution in [3.63, 3.8) is 0 Å². The van der Waals surface area contributed by atoms with E-state index in [0.29, 0.717) is 17.8 Å². The van der Waals surface area contributed by atoms with Gasteiger partial charge >= 0.3 is 6.09 Å². The molecule has 1 saturated heterocycles. The highest BCUT2D eigenvalue weighted by molar-refractivity contribution is 5.90. The second kappa shape index (κ2) is 8.32. The molecular weight excluding hydrogens is 389 g/mol. The molecule has 30 heavy (non-hydrogen) atoms. The summed E-state index contributed by atoms with van der Waals surface area (Å²) in [6, 6.07) is 12.2. The zero-order valence-corrected chi connectivity index (χ0v) is 16.3. The summed E-state index contributed by atoms with van der Waals surface area (Å²) in [5.74, 6) is -0.637. The standard InChI is InChI=1S/C21H20FN5O3/c1-14(28)23-11-18-13-27(21(29)30-18)17-6-7-19(20(22)10-17)16-4-2-15(3-5-16)12-26-9-8-24-25-26/h2-10,18H,11-13H2,1H3,(H,23,28)/t18-/m0/s1. The molecule has 2 heterocycles. The number of ether oxygens (including phenoxy) is 1. The van der Waals surface area contributed by atoms with Gasteiger partial charge in [-0.1, -0.05) is 29.5 Å². The van der Waals surface area contributed by atoms with Crippen molar-refractivity contribution in [2.24, 2.45) is 0 Å². The van der Waals surface area contributed by atoms with Gasteiger partial charge in [-0.25, -0.2) is 13.9 Å². The second-order valence-corrected chi connectivity index (χ2v) is 7.02. The van der Waals surface area contributed by atoms with E-state index in [1.54, 1.807) is 29.2 Å². The van der Waals surface area contributed by atoms with Crippen molar-refractivity contribution in [2.45, 2.75) is 19.6 Å². The van der Waals surface area contributed by atoms with Crippen LogP contribution in [0.1, 0.15) is 12.5 Å². The molecule has 0 bridgehead atoms. The van der Waals surface area contributed by atoms with Crippen LogP contribution in [-0.2, 0) is 16.1 Å². The third kappa shape index (κ3) is 4.29. The van der Waals surface area contributed by atoms with Crippen molar-refractivity contribution >= 4 is 17.7 Å². The predicted molar refractivity (Wildman–Crippen MR) is 107 cm³/mol.